The normalized spacial score (nSPS) is 24.7. The van der Waals surface area contributed by atoms with Crippen LogP contribution in [0.3, 0.4) is 0 Å². The molecule has 1 aromatic heterocycles. The van der Waals surface area contributed by atoms with Gasteiger partial charge in [0.05, 0.1) is 0 Å². The highest BCUT2D eigenvalue weighted by Crippen LogP contribution is 2.37. The Bertz CT molecular complexity index is 692. The molecule has 0 bridgehead atoms. The molecule has 3 nitrogen and oxygen atoms in total. The van der Waals surface area contributed by atoms with Gasteiger partial charge in [-0.05, 0) is 55.7 Å². The number of hydrogen-bond acceptors (Lipinski definition) is 3. The highest BCUT2D eigenvalue weighted by Gasteiger charge is 2.25. The molecule has 1 aliphatic heterocycles. The molecule has 2 aliphatic rings. The molecular formula is C18H22BrN3. The Kier molecular flexibility index (Phi) is 3.82. The maximum absolute atomic E-state index is 6.05. The summed E-state index contributed by atoms with van der Waals surface area (Å²) in [6.07, 6.45) is 10.0. The van der Waals surface area contributed by atoms with Crippen LogP contribution in [-0.2, 0) is 6.42 Å². The van der Waals surface area contributed by atoms with Crippen molar-refractivity contribution >= 4 is 32.4 Å². The number of halogens is 1. The number of pyridine rings is 1. The molecule has 0 saturated heterocycles. The van der Waals surface area contributed by atoms with Crippen LogP contribution in [0.2, 0.25) is 0 Å². The van der Waals surface area contributed by atoms with E-state index in [0.29, 0.717) is 6.04 Å². The molecule has 0 radical (unpaired) electrons. The lowest BCUT2D eigenvalue weighted by atomic mass is 9.85. The zero-order valence-corrected chi connectivity index (χ0v) is 14.3. The van der Waals surface area contributed by atoms with E-state index in [9.17, 15) is 0 Å². The molecule has 22 heavy (non-hydrogen) atoms. The average Bonchev–Trinajstić information content (AvgIpc) is 2.52. The number of nitrogens with two attached hydrogens (primary N) is 1. The zero-order chi connectivity index (χ0) is 15.1. The van der Waals surface area contributed by atoms with Crippen molar-refractivity contribution < 1.29 is 0 Å². The van der Waals surface area contributed by atoms with Gasteiger partial charge in [0.1, 0.15) is 0 Å². The first-order chi connectivity index (χ1) is 10.7. The van der Waals surface area contributed by atoms with Gasteiger partial charge in [0, 0.05) is 52.5 Å². The third-order valence-corrected chi connectivity index (χ3v) is 5.70. The minimum Gasteiger partial charge on any atom is -0.370 e. The van der Waals surface area contributed by atoms with Crippen molar-refractivity contribution in [1.82, 2.24) is 4.98 Å². The minimum absolute atomic E-state index is 0.432. The summed E-state index contributed by atoms with van der Waals surface area (Å²) >= 11 is 3.66. The molecular weight excluding hydrogens is 338 g/mol. The first-order valence-electron chi connectivity index (χ1n) is 8.27. The Morgan fingerprint density at radius 3 is 2.82 bits per heavy atom. The SMILES string of the molecule is NC1CCC(CN2CCc3cncc4cc(Br)cc2c34)CC1. The Hall–Kier alpha value is -1.13. The Balaban J connectivity index is 1.66. The van der Waals surface area contributed by atoms with E-state index < -0.39 is 0 Å². The van der Waals surface area contributed by atoms with Crippen LogP contribution in [0.4, 0.5) is 5.69 Å². The maximum atomic E-state index is 6.05. The zero-order valence-electron chi connectivity index (χ0n) is 12.8. The molecule has 116 valence electrons. The van der Waals surface area contributed by atoms with Gasteiger partial charge in [-0.3, -0.25) is 4.98 Å². The van der Waals surface area contributed by atoms with Crippen LogP contribution in [-0.4, -0.2) is 24.1 Å². The van der Waals surface area contributed by atoms with E-state index in [2.05, 4.69) is 37.9 Å². The van der Waals surface area contributed by atoms with Crippen LogP contribution in [0.25, 0.3) is 10.8 Å². The summed E-state index contributed by atoms with van der Waals surface area (Å²) in [5.74, 6) is 0.789. The summed E-state index contributed by atoms with van der Waals surface area (Å²) in [4.78, 5) is 6.98. The second kappa shape index (κ2) is 5.82. The molecule has 2 aromatic rings. The average molecular weight is 360 g/mol. The van der Waals surface area contributed by atoms with Crippen LogP contribution < -0.4 is 10.6 Å². The summed E-state index contributed by atoms with van der Waals surface area (Å²) in [5.41, 5.74) is 8.82. The van der Waals surface area contributed by atoms with E-state index in [4.69, 9.17) is 5.73 Å². The van der Waals surface area contributed by atoms with Crippen molar-refractivity contribution in [1.29, 1.82) is 0 Å². The molecule has 0 atom stereocenters. The predicted molar refractivity (Wildman–Crippen MR) is 95.3 cm³/mol. The fraction of sp³-hybridized carbons (Fsp3) is 0.500. The first kappa shape index (κ1) is 14.5. The molecule has 2 heterocycles. The number of anilines is 1. The quantitative estimate of drug-likeness (QED) is 0.884. The monoisotopic (exact) mass is 359 g/mol. The standard InChI is InChI=1S/C18H22BrN3/c19-15-7-14-10-21-9-13-5-6-22(17(8-15)18(13)14)11-12-1-3-16(20)4-2-12/h7-10,12,16H,1-6,11,20H2. The van der Waals surface area contributed by atoms with E-state index in [1.54, 1.807) is 0 Å². The van der Waals surface area contributed by atoms with Crippen molar-refractivity contribution in [3.05, 3.63) is 34.6 Å². The van der Waals surface area contributed by atoms with Crippen molar-refractivity contribution in [3.63, 3.8) is 0 Å². The number of nitrogens with zero attached hydrogens (tertiary/aromatic N) is 2. The second-order valence-corrected chi connectivity index (χ2v) is 7.71. The smallest absolute Gasteiger partial charge is 0.0461 e. The van der Waals surface area contributed by atoms with E-state index in [0.717, 1.165) is 23.4 Å². The molecule has 2 N–H and O–H groups in total. The molecule has 1 aliphatic carbocycles. The maximum Gasteiger partial charge on any atom is 0.0461 e. The number of rotatable bonds is 2. The lowest BCUT2D eigenvalue weighted by Gasteiger charge is -2.36. The highest BCUT2D eigenvalue weighted by atomic mass is 79.9. The summed E-state index contributed by atoms with van der Waals surface area (Å²) in [6.45, 7) is 2.27. The lowest BCUT2D eigenvalue weighted by molar-refractivity contribution is 0.327. The fourth-order valence-electron chi connectivity index (χ4n) is 4.02. The highest BCUT2D eigenvalue weighted by molar-refractivity contribution is 9.10. The predicted octanol–water partition coefficient (Wildman–Crippen LogP) is 3.88. The van der Waals surface area contributed by atoms with Gasteiger partial charge >= 0.3 is 0 Å². The Labute approximate surface area is 140 Å². The molecule has 1 saturated carbocycles. The van der Waals surface area contributed by atoms with Gasteiger partial charge in [-0.1, -0.05) is 15.9 Å². The summed E-state index contributed by atoms with van der Waals surface area (Å²) < 4.78 is 1.14. The van der Waals surface area contributed by atoms with Crippen molar-refractivity contribution in [2.45, 2.75) is 38.1 Å². The Morgan fingerprint density at radius 2 is 2.00 bits per heavy atom. The number of benzene rings is 1. The van der Waals surface area contributed by atoms with E-state index in [1.807, 2.05) is 12.4 Å². The topological polar surface area (TPSA) is 42.1 Å². The summed E-state index contributed by atoms with van der Waals surface area (Å²) in [7, 11) is 0. The van der Waals surface area contributed by atoms with Gasteiger partial charge in [-0.25, -0.2) is 0 Å². The number of hydrogen-bond donors (Lipinski definition) is 1. The van der Waals surface area contributed by atoms with Gasteiger partial charge in [-0.2, -0.15) is 0 Å². The van der Waals surface area contributed by atoms with Crippen LogP contribution in [0, 0.1) is 5.92 Å². The van der Waals surface area contributed by atoms with Gasteiger partial charge in [-0.15, -0.1) is 0 Å². The molecule has 1 fully saturated rings. The molecule has 0 spiro atoms. The van der Waals surface area contributed by atoms with Gasteiger partial charge < -0.3 is 10.6 Å². The lowest BCUT2D eigenvalue weighted by Crippen LogP contribution is -2.37. The van der Waals surface area contributed by atoms with Gasteiger partial charge in [0.2, 0.25) is 0 Å². The van der Waals surface area contributed by atoms with E-state index >= 15 is 0 Å². The molecule has 4 heteroatoms. The molecule has 0 unspecified atom stereocenters. The van der Waals surface area contributed by atoms with Crippen LogP contribution in [0.1, 0.15) is 31.2 Å². The van der Waals surface area contributed by atoms with E-state index in [-0.39, 0.29) is 0 Å². The van der Waals surface area contributed by atoms with Crippen LogP contribution in [0.15, 0.2) is 29.0 Å². The van der Waals surface area contributed by atoms with Crippen molar-refractivity contribution in [2.75, 3.05) is 18.0 Å². The van der Waals surface area contributed by atoms with Gasteiger partial charge in [0.25, 0.3) is 0 Å². The van der Waals surface area contributed by atoms with Crippen molar-refractivity contribution in [3.8, 4) is 0 Å². The molecule has 1 aromatic carbocycles. The third kappa shape index (κ3) is 2.63. The minimum atomic E-state index is 0.432. The molecule has 4 rings (SSSR count). The van der Waals surface area contributed by atoms with E-state index in [1.165, 1.54) is 54.3 Å². The van der Waals surface area contributed by atoms with Gasteiger partial charge in [0.15, 0.2) is 0 Å². The Morgan fingerprint density at radius 1 is 1.18 bits per heavy atom. The van der Waals surface area contributed by atoms with Crippen molar-refractivity contribution in [2.24, 2.45) is 11.7 Å². The second-order valence-electron chi connectivity index (χ2n) is 6.80. The third-order valence-electron chi connectivity index (χ3n) is 5.24. The summed E-state index contributed by atoms with van der Waals surface area (Å²) in [5, 5.41) is 2.65. The van der Waals surface area contributed by atoms with Crippen LogP contribution >= 0.6 is 15.9 Å². The number of aromatic nitrogens is 1. The fourth-order valence-corrected chi connectivity index (χ4v) is 4.49. The largest absolute Gasteiger partial charge is 0.370 e. The molecule has 0 amide bonds. The summed E-state index contributed by atoms with van der Waals surface area (Å²) in [6, 6.07) is 4.89. The van der Waals surface area contributed by atoms with Crippen LogP contribution in [0.5, 0.6) is 0 Å². The first-order valence-corrected chi connectivity index (χ1v) is 9.06.